The van der Waals surface area contributed by atoms with Gasteiger partial charge in [0.15, 0.2) is 4.93 Å². The summed E-state index contributed by atoms with van der Waals surface area (Å²) >= 11 is 0. The van der Waals surface area contributed by atoms with Crippen LogP contribution in [0.2, 0.25) is 0 Å². The quantitative estimate of drug-likeness (QED) is 0.445. The molecule has 0 spiro atoms. The topological polar surface area (TPSA) is 74.6 Å². The molecule has 0 aliphatic rings. The van der Waals surface area contributed by atoms with E-state index in [4.69, 9.17) is 9.66 Å². The molecule has 1 atom stereocenters. The second-order valence-electron chi connectivity index (χ2n) is 2.00. The molecule has 1 unspecified atom stereocenters. The molecule has 0 aromatic carbocycles. The van der Waals surface area contributed by atoms with Crippen molar-refractivity contribution in [3.63, 3.8) is 0 Å². The van der Waals surface area contributed by atoms with Crippen LogP contribution >= 0.6 is 0 Å². The minimum absolute atomic E-state index is 0. The van der Waals surface area contributed by atoms with E-state index in [-0.39, 0.29) is 36.0 Å². The van der Waals surface area contributed by atoms with Crippen molar-refractivity contribution in [3.8, 4) is 0 Å². The van der Waals surface area contributed by atoms with E-state index in [2.05, 4.69) is 0 Å². The Labute approximate surface area is 82.7 Å². The summed E-state index contributed by atoms with van der Waals surface area (Å²) in [4.78, 5) is -1.99. The molecule has 0 aliphatic heterocycles. The molecule has 0 aromatic heterocycles. The Bertz CT molecular complexity index is 183. The largest absolute Gasteiger partial charge is 0.373 e. The standard InChI is InChI=1S/C4H10O4S.Na/c1-3-4(2,5)9(6,7)8;/h5H,3H2,1-2H3,(H,6,7,8);. The number of aliphatic hydroxyl groups is 1. The van der Waals surface area contributed by atoms with Gasteiger partial charge in [-0.3, -0.25) is 4.55 Å². The van der Waals surface area contributed by atoms with E-state index >= 15 is 0 Å². The predicted octanol–water partition coefficient (Wildman–Crippen LogP) is -0.388. The fourth-order valence-electron chi connectivity index (χ4n) is 0.182. The summed E-state index contributed by atoms with van der Waals surface area (Å²) in [6.45, 7) is 2.51. The van der Waals surface area contributed by atoms with Crippen LogP contribution < -0.4 is 0 Å². The third kappa shape index (κ3) is 3.32. The summed E-state index contributed by atoms with van der Waals surface area (Å²) < 4.78 is 28.6. The van der Waals surface area contributed by atoms with Gasteiger partial charge < -0.3 is 5.11 Å². The molecule has 4 nitrogen and oxygen atoms in total. The normalized spacial score (nSPS) is 17.2. The third-order valence-corrected chi connectivity index (χ3v) is 2.61. The molecule has 0 heterocycles. The fourth-order valence-corrected chi connectivity index (χ4v) is 0.547. The second kappa shape index (κ2) is 4.04. The maximum atomic E-state index is 10.2. The van der Waals surface area contributed by atoms with Crippen molar-refractivity contribution < 1.29 is 18.1 Å². The molecular formula is C4H10NaO4S. The second-order valence-corrected chi connectivity index (χ2v) is 3.83. The summed E-state index contributed by atoms with van der Waals surface area (Å²) in [7, 11) is -4.30. The molecule has 57 valence electrons. The molecule has 6 heteroatoms. The van der Waals surface area contributed by atoms with Crippen LogP contribution in [0.1, 0.15) is 20.3 Å². The average molecular weight is 177 g/mol. The zero-order valence-electron chi connectivity index (χ0n) is 6.33. The molecule has 0 aromatic rings. The van der Waals surface area contributed by atoms with Crippen molar-refractivity contribution in [2.45, 2.75) is 25.2 Å². The van der Waals surface area contributed by atoms with Gasteiger partial charge in [-0.05, 0) is 13.3 Å². The molecule has 0 aliphatic carbocycles. The molecule has 1 radical (unpaired) electrons. The van der Waals surface area contributed by atoms with Crippen LogP contribution in [-0.2, 0) is 10.1 Å². The Morgan fingerprint density at radius 3 is 1.80 bits per heavy atom. The monoisotopic (exact) mass is 177 g/mol. The zero-order valence-corrected chi connectivity index (χ0v) is 9.14. The van der Waals surface area contributed by atoms with E-state index < -0.39 is 15.1 Å². The molecule has 0 amide bonds. The van der Waals surface area contributed by atoms with Crippen LogP contribution in [-0.4, -0.2) is 52.6 Å². The Morgan fingerprint density at radius 1 is 1.50 bits per heavy atom. The van der Waals surface area contributed by atoms with E-state index in [0.29, 0.717) is 0 Å². The third-order valence-electron chi connectivity index (χ3n) is 1.21. The van der Waals surface area contributed by atoms with Gasteiger partial charge in [-0.1, -0.05) is 6.92 Å². The van der Waals surface area contributed by atoms with Gasteiger partial charge >= 0.3 is 0 Å². The molecule has 0 bridgehead atoms. The van der Waals surface area contributed by atoms with Gasteiger partial charge in [-0.2, -0.15) is 8.42 Å². The maximum Gasteiger partial charge on any atom is 0.294 e. The van der Waals surface area contributed by atoms with Crippen molar-refractivity contribution in [1.82, 2.24) is 0 Å². The number of rotatable bonds is 2. The Kier molecular flexibility index (Phi) is 5.43. The van der Waals surface area contributed by atoms with Crippen molar-refractivity contribution in [2.24, 2.45) is 0 Å². The minimum Gasteiger partial charge on any atom is -0.373 e. The van der Waals surface area contributed by atoms with Gasteiger partial charge in [0.25, 0.3) is 10.1 Å². The Morgan fingerprint density at radius 2 is 1.80 bits per heavy atom. The first-order valence-electron chi connectivity index (χ1n) is 2.50. The summed E-state index contributed by atoms with van der Waals surface area (Å²) in [5, 5.41) is 8.82. The Hall–Kier alpha value is 0.870. The predicted molar refractivity (Wildman–Crippen MR) is 38.2 cm³/mol. The van der Waals surface area contributed by atoms with Gasteiger partial charge in [-0.25, -0.2) is 0 Å². The number of hydrogen-bond donors (Lipinski definition) is 2. The fraction of sp³-hybridized carbons (Fsp3) is 1.00. The van der Waals surface area contributed by atoms with Crippen LogP contribution in [0.5, 0.6) is 0 Å². The zero-order chi connectivity index (χ0) is 7.71. The van der Waals surface area contributed by atoms with Gasteiger partial charge in [0.1, 0.15) is 0 Å². The van der Waals surface area contributed by atoms with E-state index in [9.17, 15) is 8.42 Å². The van der Waals surface area contributed by atoms with Gasteiger partial charge in [0, 0.05) is 29.6 Å². The van der Waals surface area contributed by atoms with Crippen LogP contribution in [0.15, 0.2) is 0 Å². The van der Waals surface area contributed by atoms with E-state index in [1.54, 1.807) is 0 Å². The summed E-state index contributed by atoms with van der Waals surface area (Å²) in [5.41, 5.74) is 0. The SMILES string of the molecule is CCC(C)(O)S(=O)(=O)O.[Na]. The van der Waals surface area contributed by atoms with Crippen molar-refractivity contribution in [3.05, 3.63) is 0 Å². The minimum atomic E-state index is -4.30. The van der Waals surface area contributed by atoms with Crippen molar-refractivity contribution >= 4 is 39.7 Å². The summed E-state index contributed by atoms with van der Waals surface area (Å²) in [6.07, 6.45) is -0.0220. The van der Waals surface area contributed by atoms with E-state index in [1.807, 2.05) is 0 Å². The van der Waals surface area contributed by atoms with Crippen molar-refractivity contribution in [1.29, 1.82) is 0 Å². The first-order valence-corrected chi connectivity index (χ1v) is 3.94. The van der Waals surface area contributed by atoms with Crippen molar-refractivity contribution in [2.75, 3.05) is 0 Å². The first-order chi connectivity index (χ1) is 3.81. The maximum absolute atomic E-state index is 10.2. The van der Waals surface area contributed by atoms with E-state index in [1.165, 1.54) is 6.92 Å². The van der Waals surface area contributed by atoms with Gasteiger partial charge in [-0.15, -0.1) is 0 Å². The molecule has 0 saturated carbocycles. The van der Waals surface area contributed by atoms with Crippen LogP contribution in [0.25, 0.3) is 0 Å². The molecular weight excluding hydrogens is 167 g/mol. The van der Waals surface area contributed by atoms with Crippen LogP contribution in [0.3, 0.4) is 0 Å². The first kappa shape index (κ1) is 13.5. The smallest absolute Gasteiger partial charge is 0.294 e. The molecule has 0 saturated heterocycles. The molecule has 2 N–H and O–H groups in total. The van der Waals surface area contributed by atoms with Gasteiger partial charge in [0.05, 0.1) is 0 Å². The van der Waals surface area contributed by atoms with Crippen LogP contribution in [0, 0.1) is 0 Å². The van der Waals surface area contributed by atoms with E-state index in [0.717, 1.165) is 6.92 Å². The molecule has 10 heavy (non-hydrogen) atoms. The Balaban J connectivity index is 0. The number of hydrogen-bond acceptors (Lipinski definition) is 3. The average Bonchev–Trinajstić information content (AvgIpc) is 1.64. The van der Waals surface area contributed by atoms with Crippen LogP contribution in [0.4, 0.5) is 0 Å². The summed E-state index contributed by atoms with van der Waals surface area (Å²) in [6, 6.07) is 0. The van der Waals surface area contributed by atoms with Gasteiger partial charge in [0.2, 0.25) is 0 Å². The molecule has 0 rings (SSSR count). The molecule has 0 fully saturated rings. The summed E-state index contributed by atoms with van der Waals surface area (Å²) in [5.74, 6) is 0.